The Bertz CT molecular complexity index is 340. The first kappa shape index (κ1) is 23.3. The molecular formula is C16H26I2O2S2. The Morgan fingerprint density at radius 2 is 1.68 bits per heavy atom. The third-order valence-electron chi connectivity index (χ3n) is 3.08. The van der Waals surface area contributed by atoms with Crippen LogP contribution in [-0.2, 0) is 14.8 Å². The SMILES string of the molecule is CC(CC(COSI)Cc1ccccc1)OSI.CCCC. The van der Waals surface area contributed by atoms with Crippen LogP contribution in [0.25, 0.3) is 0 Å². The lowest BCUT2D eigenvalue weighted by Crippen LogP contribution is -2.17. The van der Waals surface area contributed by atoms with E-state index in [2.05, 4.69) is 87.4 Å². The molecule has 0 aliphatic carbocycles. The van der Waals surface area contributed by atoms with Gasteiger partial charge < -0.3 is 8.37 Å². The van der Waals surface area contributed by atoms with Crippen molar-refractivity contribution < 1.29 is 8.37 Å². The van der Waals surface area contributed by atoms with Gasteiger partial charge in [0.05, 0.1) is 31.1 Å². The maximum absolute atomic E-state index is 5.53. The zero-order chi connectivity index (χ0) is 16.6. The van der Waals surface area contributed by atoms with Crippen LogP contribution >= 0.6 is 60.8 Å². The van der Waals surface area contributed by atoms with Gasteiger partial charge in [-0.15, -0.1) is 0 Å². The van der Waals surface area contributed by atoms with Gasteiger partial charge in [0.15, 0.2) is 0 Å². The number of hydrogen-bond acceptors (Lipinski definition) is 4. The third-order valence-corrected chi connectivity index (χ3v) is 5.09. The molecule has 2 unspecified atom stereocenters. The van der Waals surface area contributed by atoms with E-state index in [9.17, 15) is 0 Å². The highest BCUT2D eigenvalue weighted by Crippen LogP contribution is 2.24. The lowest BCUT2D eigenvalue weighted by molar-refractivity contribution is 0.187. The number of rotatable bonds is 10. The van der Waals surface area contributed by atoms with Gasteiger partial charge >= 0.3 is 0 Å². The van der Waals surface area contributed by atoms with Crippen molar-refractivity contribution >= 4 is 60.8 Å². The molecule has 0 bridgehead atoms. The molecule has 6 heteroatoms. The summed E-state index contributed by atoms with van der Waals surface area (Å²) in [5.74, 6) is 0.494. The molecule has 0 aliphatic heterocycles. The molecule has 0 heterocycles. The van der Waals surface area contributed by atoms with E-state index >= 15 is 0 Å². The van der Waals surface area contributed by atoms with Gasteiger partial charge in [-0.05, 0) is 31.2 Å². The molecule has 0 aromatic heterocycles. The molecular weight excluding hydrogens is 542 g/mol. The molecule has 0 radical (unpaired) electrons. The Hall–Kier alpha value is 1.30. The minimum atomic E-state index is 0.253. The van der Waals surface area contributed by atoms with Gasteiger partial charge in [0.1, 0.15) is 0 Å². The summed E-state index contributed by atoms with van der Waals surface area (Å²) in [7, 11) is 2.81. The number of unbranched alkanes of at least 4 members (excludes halogenated alkanes) is 1. The van der Waals surface area contributed by atoms with Gasteiger partial charge in [0.25, 0.3) is 0 Å². The van der Waals surface area contributed by atoms with E-state index < -0.39 is 0 Å². The average Bonchev–Trinajstić information content (AvgIpc) is 2.54. The highest BCUT2D eigenvalue weighted by Gasteiger charge is 2.15. The first-order chi connectivity index (χ1) is 10.7. The van der Waals surface area contributed by atoms with E-state index in [1.54, 1.807) is 0 Å². The van der Waals surface area contributed by atoms with Gasteiger partial charge in [-0.3, -0.25) is 0 Å². The molecule has 0 fully saturated rings. The normalized spacial score (nSPS) is 13.1. The molecule has 0 N–H and O–H groups in total. The van der Waals surface area contributed by atoms with Crippen molar-refractivity contribution in [3.8, 4) is 0 Å². The fourth-order valence-electron chi connectivity index (χ4n) is 1.85. The molecule has 0 spiro atoms. The Labute approximate surface area is 168 Å². The molecule has 22 heavy (non-hydrogen) atoms. The molecule has 0 aliphatic rings. The summed E-state index contributed by atoms with van der Waals surface area (Å²) in [6, 6.07) is 10.6. The van der Waals surface area contributed by atoms with Crippen molar-refractivity contribution in [2.75, 3.05) is 6.61 Å². The summed E-state index contributed by atoms with van der Waals surface area (Å²) in [6.45, 7) is 7.24. The number of benzene rings is 1. The quantitative estimate of drug-likeness (QED) is 0.216. The van der Waals surface area contributed by atoms with Crippen LogP contribution in [-0.4, -0.2) is 12.7 Å². The Kier molecular flexibility index (Phi) is 18.1. The third kappa shape index (κ3) is 13.7. The van der Waals surface area contributed by atoms with Crippen molar-refractivity contribution in [2.24, 2.45) is 5.92 Å². The average molecular weight is 568 g/mol. The highest BCUT2D eigenvalue weighted by atomic mass is 127. The minimum Gasteiger partial charge on any atom is -0.305 e. The molecule has 0 amide bonds. The van der Waals surface area contributed by atoms with Gasteiger partial charge in [0, 0.05) is 42.4 Å². The second-order valence-electron chi connectivity index (χ2n) is 5.11. The highest BCUT2D eigenvalue weighted by molar-refractivity contribution is 14.2. The van der Waals surface area contributed by atoms with Crippen LogP contribution in [0.15, 0.2) is 30.3 Å². The lowest BCUT2D eigenvalue weighted by atomic mass is 9.95. The van der Waals surface area contributed by atoms with Crippen molar-refractivity contribution in [1.82, 2.24) is 0 Å². The molecule has 2 nitrogen and oxygen atoms in total. The predicted molar refractivity (Wildman–Crippen MR) is 119 cm³/mol. The molecule has 2 atom stereocenters. The van der Waals surface area contributed by atoms with E-state index in [0.717, 1.165) is 19.4 Å². The largest absolute Gasteiger partial charge is 0.305 e. The summed E-state index contributed by atoms with van der Waals surface area (Å²) in [6.07, 6.45) is 4.95. The maximum atomic E-state index is 5.53. The number of hydrogen-bond donors (Lipinski definition) is 0. The lowest BCUT2D eigenvalue weighted by Gasteiger charge is -2.19. The van der Waals surface area contributed by atoms with Crippen molar-refractivity contribution in [2.45, 2.75) is 52.6 Å². The Morgan fingerprint density at radius 3 is 2.18 bits per heavy atom. The Balaban J connectivity index is 0.000000980. The second kappa shape index (κ2) is 17.1. The first-order valence-corrected chi connectivity index (χ1v) is 14.1. The van der Waals surface area contributed by atoms with Gasteiger partial charge in [-0.2, -0.15) is 0 Å². The summed E-state index contributed by atoms with van der Waals surface area (Å²) in [4.78, 5) is 0. The van der Waals surface area contributed by atoms with E-state index in [-0.39, 0.29) is 6.10 Å². The molecule has 1 aromatic carbocycles. The molecule has 1 rings (SSSR count). The van der Waals surface area contributed by atoms with E-state index in [1.807, 2.05) is 6.07 Å². The summed E-state index contributed by atoms with van der Waals surface area (Å²) in [5.41, 5.74) is 1.36. The molecule has 1 aromatic rings. The maximum Gasteiger partial charge on any atom is 0.0707 e. The zero-order valence-electron chi connectivity index (χ0n) is 13.5. The van der Waals surface area contributed by atoms with E-state index in [1.165, 1.54) is 36.8 Å². The second-order valence-corrected chi connectivity index (χ2v) is 7.95. The van der Waals surface area contributed by atoms with Gasteiger partial charge in [-0.1, -0.05) is 57.0 Å². The summed E-state index contributed by atoms with van der Waals surface area (Å²) < 4.78 is 11.0. The Morgan fingerprint density at radius 1 is 1.05 bits per heavy atom. The van der Waals surface area contributed by atoms with Crippen LogP contribution in [0.4, 0.5) is 0 Å². The van der Waals surface area contributed by atoms with Crippen LogP contribution in [0.5, 0.6) is 0 Å². The van der Waals surface area contributed by atoms with Gasteiger partial charge in [-0.25, -0.2) is 0 Å². The van der Waals surface area contributed by atoms with Crippen molar-refractivity contribution in [3.05, 3.63) is 35.9 Å². The number of halogens is 2. The molecule has 0 saturated heterocycles. The molecule has 128 valence electrons. The predicted octanol–water partition coefficient (Wildman–Crippen LogP) is 7.46. The summed E-state index contributed by atoms with van der Waals surface area (Å²) in [5, 5.41) is 0. The van der Waals surface area contributed by atoms with Crippen LogP contribution < -0.4 is 0 Å². The van der Waals surface area contributed by atoms with Crippen LogP contribution in [0.1, 0.15) is 45.6 Å². The van der Waals surface area contributed by atoms with Crippen molar-refractivity contribution in [1.29, 1.82) is 0 Å². The van der Waals surface area contributed by atoms with Crippen LogP contribution in [0.2, 0.25) is 0 Å². The fraction of sp³-hybridized carbons (Fsp3) is 0.625. The van der Waals surface area contributed by atoms with E-state index in [4.69, 9.17) is 8.37 Å². The van der Waals surface area contributed by atoms with Crippen molar-refractivity contribution in [3.63, 3.8) is 0 Å². The van der Waals surface area contributed by atoms with Crippen LogP contribution in [0, 0.1) is 5.92 Å². The van der Waals surface area contributed by atoms with Crippen LogP contribution in [0.3, 0.4) is 0 Å². The topological polar surface area (TPSA) is 18.5 Å². The van der Waals surface area contributed by atoms with Gasteiger partial charge in [0.2, 0.25) is 0 Å². The monoisotopic (exact) mass is 568 g/mol. The summed E-state index contributed by atoms with van der Waals surface area (Å²) >= 11 is 4.32. The minimum absolute atomic E-state index is 0.253. The standard InChI is InChI=1S/C12H16I2O2S2.C4H10/c1-10(16-18-14)7-12(9-15-17-13)8-11-5-3-2-4-6-11;1-3-4-2/h2-6,10,12H,7-9H2,1H3;3-4H2,1-2H3. The van der Waals surface area contributed by atoms with E-state index in [0.29, 0.717) is 5.92 Å². The fourth-order valence-corrected chi connectivity index (χ4v) is 3.80. The molecule has 0 saturated carbocycles. The smallest absolute Gasteiger partial charge is 0.0707 e. The zero-order valence-corrected chi connectivity index (χ0v) is 19.4. The first-order valence-electron chi connectivity index (χ1n) is 7.56.